The molecular weight excluding hydrogens is 542 g/mol. The molecule has 12 nitrogen and oxygen atoms in total. The number of nitrogens with zero attached hydrogens (tertiary/aromatic N) is 2. The highest BCUT2D eigenvalue weighted by Crippen LogP contribution is 2.28. The lowest BCUT2D eigenvalue weighted by Gasteiger charge is -2.31. The summed E-state index contributed by atoms with van der Waals surface area (Å²) in [7, 11) is 1.57. The van der Waals surface area contributed by atoms with Crippen molar-refractivity contribution in [2.75, 3.05) is 40.0 Å². The molecule has 3 amide bonds. The number of hydrogen-bond acceptors (Lipinski definition) is 9. The fourth-order valence-corrected chi connectivity index (χ4v) is 5.45. The number of rotatable bonds is 14. The number of benzene rings is 1. The van der Waals surface area contributed by atoms with Gasteiger partial charge in [-0.2, -0.15) is 0 Å². The topological polar surface area (TPSA) is 152 Å². The van der Waals surface area contributed by atoms with E-state index in [1.807, 2.05) is 17.0 Å². The number of aromatic nitrogens is 1. The Bertz CT molecular complexity index is 1190. The summed E-state index contributed by atoms with van der Waals surface area (Å²) in [6.07, 6.45) is 5.86. The number of carbonyl (C=O) groups excluding carboxylic acids is 4. The van der Waals surface area contributed by atoms with Gasteiger partial charge in [0.1, 0.15) is 24.1 Å². The lowest BCUT2D eigenvalue weighted by atomic mass is 9.98. The van der Waals surface area contributed by atoms with Crippen LogP contribution in [-0.2, 0) is 25.5 Å². The predicted octanol–water partition coefficient (Wildman–Crippen LogP) is 1.41. The van der Waals surface area contributed by atoms with E-state index in [1.165, 1.54) is 6.07 Å². The smallest absolute Gasteiger partial charge is 0.290 e. The van der Waals surface area contributed by atoms with E-state index in [2.05, 4.69) is 21.1 Å². The second-order valence-corrected chi connectivity index (χ2v) is 11.0. The van der Waals surface area contributed by atoms with Gasteiger partial charge in [0.05, 0.1) is 32.1 Å². The van der Waals surface area contributed by atoms with Crippen molar-refractivity contribution in [1.82, 2.24) is 26.0 Å². The lowest BCUT2D eigenvalue weighted by molar-refractivity contribution is -0.131. The summed E-state index contributed by atoms with van der Waals surface area (Å²) in [5, 5.41) is 12.2. The normalized spacial score (nSPS) is 18.0. The summed E-state index contributed by atoms with van der Waals surface area (Å²) in [5.74, 6) is -0.534. The zero-order chi connectivity index (χ0) is 29.9. The molecule has 3 atom stereocenters. The maximum atomic E-state index is 13.7. The fourth-order valence-electron chi connectivity index (χ4n) is 5.45. The molecule has 4 rings (SSSR count). The van der Waals surface area contributed by atoms with Crippen LogP contribution in [0.3, 0.4) is 0 Å². The average molecular weight is 584 g/mol. The summed E-state index contributed by atoms with van der Waals surface area (Å²) >= 11 is 0. The lowest BCUT2D eigenvalue weighted by Crippen LogP contribution is -2.59. The highest BCUT2D eigenvalue weighted by atomic mass is 16.5. The van der Waals surface area contributed by atoms with Gasteiger partial charge in [0.2, 0.25) is 17.6 Å². The van der Waals surface area contributed by atoms with Crippen LogP contribution in [0.1, 0.15) is 53.9 Å². The van der Waals surface area contributed by atoms with Gasteiger partial charge in [-0.3, -0.25) is 19.3 Å². The first kappa shape index (κ1) is 31.2. The molecule has 1 aliphatic carbocycles. The molecule has 0 radical (unpaired) electrons. The number of nitrogens with one attached hydrogen (secondary N) is 3. The molecule has 1 aromatic heterocycles. The molecule has 12 heteroatoms. The van der Waals surface area contributed by atoms with Gasteiger partial charge in [-0.15, -0.1) is 0 Å². The van der Waals surface area contributed by atoms with Gasteiger partial charge in [-0.1, -0.05) is 43.0 Å². The van der Waals surface area contributed by atoms with Gasteiger partial charge >= 0.3 is 0 Å². The van der Waals surface area contributed by atoms with E-state index in [0.29, 0.717) is 50.1 Å². The molecule has 0 bridgehead atoms. The van der Waals surface area contributed by atoms with Crippen molar-refractivity contribution in [3.8, 4) is 5.75 Å². The Morgan fingerprint density at radius 1 is 1.05 bits per heavy atom. The van der Waals surface area contributed by atoms with E-state index < -0.39 is 35.8 Å². The Kier molecular flexibility index (Phi) is 11.5. The van der Waals surface area contributed by atoms with Crippen LogP contribution < -0.4 is 20.7 Å². The Balaban J connectivity index is 1.51. The van der Waals surface area contributed by atoms with E-state index in [1.54, 1.807) is 26.2 Å². The quantitative estimate of drug-likeness (QED) is 0.280. The molecule has 1 saturated carbocycles. The maximum Gasteiger partial charge on any atom is 0.290 e. The summed E-state index contributed by atoms with van der Waals surface area (Å²) in [4.78, 5) is 54.1. The number of ether oxygens (including phenoxy) is 2. The molecule has 228 valence electrons. The van der Waals surface area contributed by atoms with Crippen molar-refractivity contribution in [2.45, 2.75) is 63.6 Å². The zero-order valence-corrected chi connectivity index (χ0v) is 24.3. The van der Waals surface area contributed by atoms with E-state index >= 15 is 0 Å². The highest BCUT2D eigenvalue weighted by Gasteiger charge is 2.31. The Hall–Kier alpha value is -3.77. The summed E-state index contributed by atoms with van der Waals surface area (Å²) < 4.78 is 15.8. The van der Waals surface area contributed by atoms with Crippen LogP contribution in [0.5, 0.6) is 5.75 Å². The fraction of sp³-hybridized carbons (Fsp3) is 0.567. The SMILES string of the molecule is COc1ccc(CC(NC(=O)C(CN2CCOCC2)NC(=O)c2cc(C)no2)C(=O)NC(C=O)CC2CCCC2)cc1. The van der Waals surface area contributed by atoms with Crippen molar-refractivity contribution in [2.24, 2.45) is 5.92 Å². The van der Waals surface area contributed by atoms with Crippen LogP contribution >= 0.6 is 0 Å². The molecule has 1 aliphatic heterocycles. The van der Waals surface area contributed by atoms with E-state index in [-0.39, 0.29) is 18.7 Å². The van der Waals surface area contributed by atoms with Crippen LogP contribution in [-0.4, -0.2) is 92.1 Å². The molecule has 3 N–H and O–H groups in total. The number of hydrogen-bond donors (Lipinski definition) is 3. The summed E-state index contributed by atoms with van der Waals surface area (Å²) in [6, 6.07) is 6.06. The van der Waals surface area contributed by atoms with Crippen molar-refractivity contribution in [1.29, 1.82) is 0 Å². The largest absolute Gasteiger partial charge is 0.497 e. The first-order valence-electron chi connectivity index (χ1n) is 14.6. The standard InChI is InChI=1S/C30H41N5O7/c1-20-15-27(42-34-20)30(39)33-26(18-35-11-13-41-14-12-35)29(38)32-25(17-22-7-9-24(40-2)10-8-22)28(37)31-23(19-36)16-21-5-3-4-6-21/h7-10,15,19,21,23,25-26H,3-6,11-14,16-18H2,1-2H3,(H,31,37)(H,32,38)(H,33,39). The van der Waals surface area contributed by atoms with Crippen LogP contribution in [0.4, 0.5) is 0 Å². The molecule has 2 heterocycles. The first-order valence-corrected chi connectivity index (χ1v) is 14.6. The van der Waals surface area contributed by atoms with Crippen molar-refractivity contribution >= 4 is 24.0 Å². The van der Waals surface area contributed by atoms with E-state index in [9.17, 15) is 19.2 Å². The van der Waals surface area contributed by atoms with E-state index in [0.717, 1.165) is 37.5 Å². The minimum Gasteiger partial charge on any atom is -0.497 e. The molecule has 2 fully saturated rings. The van der Waals surface area contributed by atoms with Gasteiger partial charge in [-0.05, 0) is 37.0 Å². The third-order valence-corrected chi connectivity index (χ3v) is 7.80. The third-order valence-electron chi connectivity index (χ3n) is 7.80. The molecule has 1 aromatic carbocycles. The van der Waals surface area contributed by atoms with Gasteiger partial charge in [0.25, 0.3) is 5.91 Å². The summed E-state index contributed by atoms with van der Waals surface area (Å²) in [6.45, 7) is 4.13. The number of carbonyl (C=O) groups is 4. The average Bonchev–Trinajstić information content (AvgIpc) is 3.68. The van der Waals surface area contributed by atoms with Crippen LogP contribution in [0.15, 0.2) is 34.9 Å². The zero-order valence-electron chi connectivity index (χ0n) is 24.3. The number of aryl methyl sites for hydroxylation is 1. The van der Waals surface area contributed by atoms with Crippen molar-refractivity contribution in [3.05, 3.63) is 47.3 Å². The minimum absolute atomic E-state index is 0.0134. The number of aldehydes is 1. The number of amides is 3. The van der Waals surface area contributed by atoms with Gasteiger partial charge in [0, 0.05) is 32.1 Å². The Morgan fingerprint density at radius 2 is 1.74 bits per heavy atom. The molecule has 1 saturated heterocycles. The van der Waals surface area contributed by atoms with Gasteiger partial charge in [0.15, 0.2) is 0 Å². The molecule has 2 aliphatic rings. The molecule has 2 aromatic rings. The van der Waals surface area contributed by atoms with Crippen molar-refractivity contribution < 1.29 is 33.2 Å². The summed E-state index contributed by atoms with van der Waals surface area (Å²) in [5.41, 5.74) is 1.33. The van der Waals surface area contributed by atoms with Gasteiger partial charge < -0.3 is 34.7 Å². The predicted molar refractivity (Wildman–Crippen MR) is 153 cm³/mol. The number of morpholine rings is 1. The van der Waals surface area contributed by atoms with Crippen LogP contribution in [0.2, 0.25) is 0 Å². The second kappa shape index (κ2) is 15.5. The second-order valence-electron chi connectivity index (χ2n) is 11.0. The van der Waals surface area contributed by atoms with E-state index in [4.69, 9.17) is 14.0 Å². The number of methoxy groups -OCH3 is 1. The monoisotopic (exact) mass is 583 g/mol. The molecule has 42 heavy (non-hydrogen) atoms. The Morgan fingerprint density at radius 3 is 2.36 bits per heavy atom. The molecule has 3 unspecified atom stereocenters. The first-order chi connectivity index (χ1) is 20.3. The van der Waals surface area contributed by atoms with Crippen LogP contribution in [0, 0.1) is 12.8 Å². The minimum atomic E-state index is -0.993. The Labute approximate surface area is 245 Å². The molecule has 0 spiro atoms. The van der Waals surface area contributed by atoms with Gasteiger partial charge in [-0.25, -0.2) is 0 Å². The molecular formula is C30H41N5O7. The van der Waals surface area contributed by atoms with Crippen LogP contribution in [0.25, 0.3) is 0 Å². The maximum absolute atomic E-state index is 13.7. The van der Waals surface area contributed by atoms with Crippen molar-refractivity contribution in [3.63, 3.8) is 0 Å². The third kappa shape index (κ3) is 9.12. The highest BCUT2D eigenvalue weighted by molar-refractivity contribution is 5.97.